The van der Waals surface area contributed by atoms with Gasteiger partial charge in [-0.1, -0.05) is 27.7 Å². The van der Waals surface area contributed by atoms with Gasteiger partial charge in [0, 0.05) is 12.6 Å². The molecule has 1 atom stereocenters. The van der Waals surface area contributed by atoms with Crippen LogP contribution in [0.4, 0.5) is 0 Å². The summed E-state index contributed by atoms with van der Waals surface area (Å²) in [5.74, 6) is 0.785. The SMILES string of the molecule is CCN(CC)C[C@H](CC(C)C)NC. The largest absolute Gasteiger partial charge is 0.316 e. The molecule has 0 fully saturated rings. The first kappa shape index (κ1) is 12.9. The van der Waals surface area contributed by atoms with Gasteiger partial charge in [-0.05, 0) is 32.5 Å². The Morgan fingerprint density at radius 1 is 1.15 bits per heavy atom. The first-order valence-corrected chi connectivity index (χ1v) is 5.53. The molecule has 0 saturated carbocycles. The van der Waals surface area contributed by atoms with Crippen LogP contribution in [-0.2, 0) is 0 Å². The lowest BCUT2D eigenvalue weighted by Crippen LogP contribution is -2.40. The van der Waals surface area contributed by atoms with Crippen LogP contribution in [0, 0.1) is 5.92 Å². The lowest BCUT2D eigenvalue weighted by Gasteiger charge is -2.26. The zero-order chi connectivity index (χ0) is 10.3. The highest BCUT2D eigenvalue weighted by Gasteiger charge is 2.11. The number of nitrogens with zero attached hydrogens (tertiary/aromatic N) is 1. The summed E-state index contributed by atoms with van der Waals surface area (Å²) in [6.07, 6.45) is 1.27. The van der Waals surface area contributed by atoms with Gasteiger partial charge in [-0.2, -0.15) is 0 Å². The van der Waals surface area contributed by atoms with E-state index in [4.69, 9.17) is 0 Å². The zero-order valence-corrected chi connectivity index (χ0v) is 9.93. The number of likely N-dealkylation sites (N-methyl/N-ethyl adjacent to an activating group) is 2. The minimum absolute atomic E-state index is 0.653. The number of hydrogen-bond acceptors (Lipinski definition) is 2. The van der Waals surface area contributed by atoms with Crippen LogP contribution in [0.3, 0.4) is 0 Å². The molecule has 0 rings (SSSR count). The second-order valence-electron chi connectivity index (χ2n) is 4.10. The Bertz CT molecular complexity index is 109. The van der Waals surface area contributed by atoms with Crippen molar-refractivity contribution in [3.8, 4) is 0 Å². The van der Waals surface area contributed by atoms with E-state index < -0.39 is 0 Å². The van der Waals surface area contributed by atoms with Crippen molar-refractivity contribution in [3.63, 3.8) is 0 Å². The van der Waals surface area contributed by atoms with Crippen LogP contribution in [0.25, 0.3) is 0 Å². The fraction of sp³-hybridized carbons (Fsp3) is 1.00. The number of rotatable bonds is 7. The van der Waals surface area contributed by atoms with Crippen molar-refractivity contribution < 1.29 is 0 Å². The van der Waals surface area contributed by atoms with E-state index in [1.165, 1.54) is 13.0 Å². The van der Waals surface area contributed by atoms with Crippen LogP contribution in [0.2, 0.25) is 0 Å². The standard InChI is InChI=1S/C11H26N2/c1-6-13(7-2)9-11(12-5)8-10(3)4/h10-12H,6-9H2,1-5H3/t11-/m0/s1. The summed E-state index contributed by atoms with van der Waals surface area (Å²) >= 11 is 0. The van der Waals surface area contributed by atoms with Crippen LogP contribution in [0.5, 0.6) is 0 Å². The predicted molar refractivity (Wildman–Crippen MR) is 60.1 cm³/mol. The molecule has 0 aromatic carbocycles. The van der Waals surface area contributed by atoms with Crippen LogP contribution >= 0.6 is 0 Å². The summed E-state index contributed by atoms with van der Waals surface area (Å²) < 4.78 is 0. The van der Waals surface area contributed by atoms with Crippen LogP contribution < -0.4 is 5.32 Å². The van der Waals surface area contributed by atoms with Gasteiger partial charge in [0.15, 0.2) is 0 Å². The first-order chi connectivity index (χ1) is 6.13. The van der Waals surface area contributed by atoms with E-state index in [1.807, 2.05) is 0 Å². The molecule has 13 heavy (non-hydrogen) atoms. The minimum atomic E-state index is 0.653. The molecular formula is C11H26N2. The molecular weight excluding hydrogens is 160 g/mol. The summed E-state index contributed by atoms with van der Waals surface area (Å²) in [5.41, 5.74) is 0. The third-order valence-electron chi connectivity index (χ3n) is 2.54. The average Bonchev–Trinajstić information content (AvgIpc) is 2.11. The Labute approximate surface area is 83.7 Å². The van der Waals surface area contributed by atoms with E-state index in [2.05, 4.69) is 45.0 Å². The molecule has 0 amide bonds. The summed E-state index contributed by atoms with van der Waals surface area (Å²) in [6.45, 7) is 12.5. The van der Waals surface area contributed by atoms with Crippen molar-refractivity contribution in [1.82, 2.24) is 10.2 Å². The van der Waals surface area contributed by atoms with Gasteiger partial charge < -0.3 is 10.2 Å². The van der Waals surface area contributed by atoms with E-state index >= 15 is 0 Å². The molecule has 0 aromatic rings. The Balaban J connectivity index is 3.80. The van der Waals surface area contributed by atoms with Crippen molar-refractivity contribution in [2.45, 2.75) is 40.2 Å². The van der Waals surface area contributed by atoms with E-state index in [1.54, 1.807) is 0 Å². The maximum Gasteiger partial charge on any atom is 0.0194 e. The summed E-state index contributed by atoms with van der Waals surface area (Å²) in [7, 11) is 2.07. The predicted octanol–water partition coefficient (Wildman–Crippen LogP) is 1.96. The molecule has 1 N–H and O–H groups in total. The molecule has 0 aliphatic heterocycles. The second-order valence-corrected chi connectivity index (χ2v) is 4.10. The fourth-order valence-electron chi connectivity index (χ4n) is 1.65. The van der Waals surface area contributed by atoms with Gasteiger partial charge in [0.2, 0.25) is 0 Å². The molecule has 0 spiro atoms. The molecule has 0 aliphatic carbocycles. The first-order valence-electron chi connectivity index (χ1n) is 5.53. The normalized spacial score (nSPS) is 14.1. The third kappa shape index (κ3) is 6.05. The van der Waals surface area contributed by atoms with E-state index in [0.717, 1.165) is 19.0 Å². The lowest BCUT2D eigenvalue weighted by molar-refractivity contribution is 0.253. The minimum Gasteiger partial charge on any atom is -0.316 e. The van der Waals surface area contributed by atoms with Gasteiger partial charge in [0.25, 0.3) is 0 Å². The molecule has 2 heteroatoms. The highest BCUT2D eigenvalue weighted by molar-refractivity contribution is 4.70. The summed E-state index contributed by atoms with van der Waals surface area (Å²) in [4.78, 5) is 2.48. The number of hydrogen-bond donors (Lipinski definition) is 1. The number of nitrogens with one attached hydrogen (secondary N) is 1. The zero-order valence-electron chi connectivity index (χ0n) is 9.93. The molecule has 80 valence electrons. The fourth-order valence-corrected chi connectivity index (χ4v) is 1.65. The van der Waals surface area contributed by atoms with E-state index in [0.29, 0.717) is 6.04 Å². The smallest absolute Gasteiger partial charge is 0.0194 e. The molecule has 0 bridgehead atoms. The molecule has 0 radical (unpaired) electrons. The molecule has 2 nitrogen and oxygen atoms in total. The van der Waals surface area contributed by atoms with E-state index in [9.17, 15) is 0 Å². The monoisotopic (exact) mass is 186 g/mol. The molecule has 0 aromatic heterocycles. The second kappa shape index (κ2) is 7.34. The Morgan fingerprint density at radius 2 is 1.69 bits per heavy atom. The van der Waals surface area contributed by atoms with Crippen molar-refractivity contribution in [3.05, 3.63) is 0 Å². The lowest BCUT2D eigenvalue weighted by atomic mass is 10.0. The topological polar surface area (TPSA) is 15.3 Å². The van der Waals surface area contributed by atoms with Crippen molar-refractivity contribution >= 4 is 0 Å². The third-order valence-corrected chi connectivity index (χ3v) is 2.54. The maximum absolute atomic E-state index is 3.39. The summed E-state index contributed by atoms with van der Waals surface area (Å²) in [5, 5.41) is 3.39. The Morgan fingerprint density at radius 3 is 2.00 bits per heavy atom. The van der Waals surface area contributed by atoms with Gasteiger partial charge in [0.1, 0.15) is 0 Å². The van der Waals surface area contributed by atoms with Crippen molar-refractivity contribution in [1.29, 1.82) is 0 Å². The highest BCUT2D eigenvalue weighted by atomic mass is 15.1. The summed E-state index contributed by atoms with van der Waals surface area (Å²) in [6, 6.07) is 0.653. The maximum atomic E-state index is 3.39. The van der Waals surface area contributed by atoms with Gasteiger partial charge in [0.05, 0.1) is 0 Å². The quantitative estimate of drug-likeness (QED) is 0.654. The molecule has 0 unspecified atom stereocenters. The Hall–Kier alpha value is -0.0800. The van der Waals surface area contributed by atoms with Crippen molar-refractivity contribution in [2.24, 2.45) is 5.92 Å². The molecule has 0 aliphatic rings. The van der Waals surface area contributed by atoms with Crippen molar-refractivity contribution in [2.75, 3.05) is 26.7 Å². The van der Waals surface area contributed by atoms with Gasteiger partial charge in [-0.15, -0.1) is 0 Å². The highest BCUT2D eigenvalue weighted by Crippen LogP contribution is 2.05. The molecule has 0 saturated heterocycles. The van der Waals surface area contributed by atoms with Crippen LogP contribution in [0.1, 0.15) is 34.1 Å². The van der Waals surface area contributed by atoms with Gasteiger partial charge in [-0.3, -0.25) is 0 Å². The van der Waals surface area contributed by atoms with Crippen LogP contribution in [-0.4, -0.2) is 37.6 Å². The van der Waals surface area contributed by atoms with Crippen LogP contribution in [0.15, 0.2) is 0 Å². The Kier molecular flexibility index (Phi) is 7.29. The average molecular weight is 186 g/mol. The van der Waals surface area contributed by atoms with Gasteiger partial charge >= 0.3 is 0 Å². The molecule has 0 heterocycles. The van der Waals surface area contributed by atoms with Gasteiger partial charge in [-0.25, -0.2) is 0 Å². The van der Waals surface area contributed by atoms with E-state index in [-0.39, 0.29) is 0 Å².